The van der Waals surface area contributed by atoms with Gasteiger partial charge in [-0.05, 0) is 36.9 Å². The van der Waals surface area contributed by atoms with E-state index in [2.05, 4.69) is 5.32 Å². The van der Waals surface area contributed by atoms with Gasteiger partial charge in [-0.15, -0.1) is 0 Å². The average molecular weight is 293 g/mol. The van der Waals surface area contributed by atoms with Crippen LogP contribution in [0.2, 0.25) is 0 Å². The maximum absolute atomic E-state index is 13.3. The van der Waals surface area contributed by atoms with Gasteiger partial charge >= 0.3 is 0 Å². The molecule has 0 saturated heterocycles. The van der Waals surface area contributed by atoms with Gasteiger partial charge in [-0.25, -0.2) is 8.78 Å². The molecule has 2 aromatic carbocycles. The fourth-order valence-corrected chi connectivity index (χ4v) is 1.85. The second-order valence-electron chi connectivity index (χ2n) is 4.45. The summed E-state index contributed by atoms with van der Waals surface area (Å²) in [6.07, 6.45) is 0. The third-order valence-electron chi connectivity index (χ3n) is 2.78. The molecule has 0 aliphatic carbocycles. The highest BCUT2D eigenvalue weighted by atomic mass is 19.1. The minimum atomic E-state index is -0.590. The van der Waals surface area contributed by atoms with Crippen molar-refractivity contribution in [1.82, 2.24) is 5.32 Å². The SMILES string of the molecule is CNCc1cccc(OCCOc2cc(F)ccc2F)c1. The second-order valence-corrected chi connectivity index (χ2v) is 4.45. The Labute approximate surface area is 122 Å². The van der Waals surface area contributed by atoms with Crippen LogP contribution in [0.25, 0.3) is 0 Å². The Bertz CT molecular complexity index is 590. The van der Waals surface area contributed by atoms with Crippen molar-refractivity contribution in [2.75, 3.05) is 20.3 Å². The molecule has 0 saturated carbocycles. The van der Waals surface area contributed by atoms with E-state index in [1.165, 1.54) is 0 Å². The van der Waals surface area contributed by atoms with Crippen LogP contribution in [0.5, 0.6) is 11.5 Å². The van der Waals surface area contributed by atoms with Crippen LogP contribution < -0.4 is 14.8 Å². The van der Waals surface area contributed by atoms with Crippen molar-refractivity contribution in [2.24, 2.45) is 0 Å². The zero-order valence-electron chi connectivity index (χ0n) is 11.7. The Morgan fingerprint density at radius 2 is 1.81 bits per heavy atom. The molecule has 0 heterocycles. The van der Waals surface area contributed by atoms with Crippen molar-refractivity contribution in [3.05, 3.63) is 59.7 Å². The van der Waals surface area contributed by atoms with E-state index in [9.17, 15) is 8.78 Å². The Morgan fingerprint density at radius 3 is 2.62 bits per heavy atom. The smallest absolute Gasteiger partial charge is 0.165 e. The lowest BCUT2D eigenvalue weighted by Gasteiger charge is -2.10. The molecule has 1 N–H and O–H groups in total. The number of hydrogen-bond acceptors (Lipinski definition) is 3. The van der Waals surface area contributed by atoms with Crippen LogP contribution in [-0.2, 0) is 6.54 Å². The summed E-state index contributed by atoms with van der Waals surface area (Å²) in [5, 5.41) is 3.05. The molecular formula is C16H17F2NO2. The van der Waals surface area contributed by atoms with Gasteiger partial charge in [0.15, 0.2) is 11.6 Å². The summed E-state index contributed by atoms with van der Waals surface area (Å²) in [5.41, 5.74) is 1.10. The fourth-order valence-electron chi connectivity index (χ4n) is 1.85. The molecule has 3 nitrogen and oxygen atoms in total. The summed E-state index contributed by atoms with van der Waals surface area (Å²) < 4.78 is 37.0. The summed E-state index contributed by atoms with van der Waals surface area (Å²) in [7, 11) is 1.87. The van der Waals surface area contributed by atoms with Crippen molar-refractivity contribution in [3.8, 4) is 11.5 Å². The summed E-state index contributed by atoms with van der Waals surface area (Å²) >= 11 is 0. The van der Waals surface area contributed by atoms with E-state index in [0.29, 0.717) is 5.75 Å². The molecule has 2 aromatic rings. The van der Waals surface area contributed by atoms with Gasteiger partial charge in [0, 0.05) is 12.6 Å². The van der Waals surface area contributed by atoms with Crippen molar-refractivity contribution in [2.45, 2.75) is 6.54 Å². The van der Waals surface area contributed by atoms with Gasteiger partial charge in [0.1, 0.15) is 24.8 Å². The molecule has 0 spiro atoms. The van der Waals surface area contributed by atoms with E-state index in [-0.39, 0.29) is 19.0 Å². The van der Waals surface area contributed by atoms with Crippen LogP contribution in [0.3, 0.4) is 0 Å². The van der Waals surface area contributed by atoms with Gasteiger partial charge < -0.3 is 14.8 Å². The maximum atomic E-state index is 13.3. The van der Waals surface area contributed by atoms with Gasteiger partial charge in [-0.2, -0.15) is 0 Å². The fraction of sp³-hybridized carbons (Fsp3) is 0.250. The predicted octanol–water partition coefficient (Wildman–Crippen LogP) is 3.14. The van der Waals surface area contributed by atoms with Crippen LogP contribution in [0, 0.1) is 11.6 Å². The molecule has 0 amide bonds. The number of hydrogen-bond donors (Lipinski definition) is 1. The van der Waals surface area contributed by atoms with Gasteiger partial charge in [-0.1, -0.05) is 12.1 Å². The molecule has 2 rings (SSSR count). The molecule has 0 unspecified atom stereocenters. The molecule has 0 fully saturated rings. The Balaban J connectivity index is 1.81. The standard InChI is InChI=1S/C16H17F2NO2/c1-19-11-12-3-2-4-14(9-12)20-7-8-21-16-10-13(17)5-6-15(16)18/h2-6,9-10,19H,7-8,11H2,1H3. The largest absolute Gasteiger partial charge is 0.490 e. The first-order valence-electron chi connectivity index (χ1n) is 6.63. The molecule has 112 valence electrons. The first-order chi connectivity index (χ1) is 10.2. The highest BCUT2D eigenvalue weighted by Gasteiger charge is 2.05. The minimum absolute atomic E-state index is 0.109. The molecule has 21 heavy (non-hydrogen) atoms. The maximum Gasteiger partial charge on any atom is 0.165 e. The highest BCUT2D eigenvalue weighted by molar-refractivity contribution is 5.28. The molecule has 0 aliphatic rings. The molecule has 0 radical (unpaired) electrons. The third-order valence-corrected chi connectivity index (χ3v) is 2.78. The van der Waals surface area contributed by atoms with Crippen molar-refractivity contribution < 1.29 is 18.3 Å². The summed E-state index contributed by atoms with van der Waals surface area (Å²) in [6.45, 7) is 1.14. The van der Waals surface area contributed by atoms with Crippen LogP contribution in [0.1, 0.15) is 5.56 Å². The topological polar surface area (TPSA) is 30.5 Å². The van der Waals surface area contributed by atoms with Gasteiger partial charge in [0.2, 0.25) is 0 Å². The quantitative estimate of drug-likeness (QED) is 0.796. The van der Waals surface area contributed by atoms with E-state index in [1.54, 1.807) is 0 Å². The molecule has 0 aromatic heterocycles. The van der Waals surface area contributed by atoms with E-state index in [1.807, 2.05) is 31.3 Å². The number of nitrogens with one attached hydrogen (secondary N) is 1. The van der Waals surface area contributed by atoms with Gasteiger partial charge in [-0.3, -0.25) is 0 Å². The number of ether oxygens (including phenoxy) is 2. The van der Waals surface area contributed by atoms with Crippen LogP contribution in [0.15, 0.2) is 42.5 Å². The van der Waals surface area contributed by atoms with E-state index in [0.717, 1.165) is 30.3 Å². The lowest BCUT2D eigenvalue weighted by atomic mass is 10.2. The molecule has 0 bridgehead atoms. The van der Waals surface area contributed by atoms with Crippen LogP contribution in [-0.4, -0.2) is 20.3 Å². The average Bonchev–Trinajstić information content (AvgIpc) is 2.48. The number of halogens is 2. The molecule has 0 aliphatic heterocycles. The minimum Gasteiger partial charge on any atom is -0.490 e. The van der Waals surface area contributed by atoms with Gasteiger partial charge in [0.05, 0.1) is 0 Å². The first kappa shape index (κ1) is 15.3. The van der Waals surface area contributed by atoms with E-state index in [4.69, 9.17) is 9.47 Å². The van der Waals surface area contributed by atoms with Crippen LogP contribution >= 0.6 is 0 Å². The normalized spacial score (nSPS) is 10.4. The summed E-state index contributed by atoms with van der Waals surface area (Å²) in [6, 6.07) is 10.7. The third kappa shape index (κ3) is 4.72. The van der Waals surface area contributed by atoms with Gasteiger partial charge in [0.25, 0.3) is 0 Å². The first-order valence-corrected chi connectivity index (χ1v) is 6.63. The Morgan fingerprint density at radius 1 is 1.00 bits per heavy atom. The summed E-state index contributed by atoms with van der Waals surface area (Å²) in [4.78, 5) is 0. The Hall–Kier alpha value is -2.14. The number of benzene rings is 2. The van der Waals surface area contributed by atoms with Crippen molar-refractivity contribution in [1.29, 1.82) is 0 Å². The lowest BCUT2D eigenvalue weighted by molar-refractivity contribution is 0.210. The summed E-state index contributed by atoms with van der Waals surface area (Å²) in [5.74, 6) is -0.520. The monoisotopic (exact) mass is 293 g/mol. The van der Waals surface area contributed by atoms with E-state index >= 15 is 0 Å². The zero-order valence-corrected chi connectivity index (χ0v) is 11.7. The van der Waals surface area contributed by atoms with Crippen molar-refractivity contribution in [3.63, 3.8) is 0 Å². The van der Waals surface area contributed by atoms with E-state index < -0.39 is 11.6 Å². The predicted molar refractivity (Wildman–Crippen MR) is 76.6 cm³/mol. The molecule has 0 atom stereocenters. The molecular weight excluding hydrogens is 276 g/mol. The lowest BCUT2D eigenvalue weighted by Crippen LogP contribution is -2.10. The second kappa shape index (κ2) is 7.59. The molecule has 5 heteroatoms. The number of rotatable bonds is 7. The Kier molecular flexibility index (Phi) is 5.51. The highest BCUT2D eigenvalue weighted by Crippen LogP contribution is 2.18. The van der Waals surface area contributed by atoms with Crippen molar-refractivity contribution >= 4 is 0 Å². The van der Waals surface area contributed by atoms with Crippen LogP contribution in [0.4, 0.5) is 8.78 Å². The zero-order chi connectivity index (χ0) is 15.1.